The molecule has 1 aliphatic heterocycles. The molecule has 1 aromatic heterocycles. The van der Waals surface area contributed by atoms with Gasteiger partial charge in [-0.25, -0.2) is 14.6 Å². The first-order valence-corrected chi connectivity index (χ1v) is 17.0. The lowest BCUT2D eigenvalue weighted by molar-refractivity contribution is -0.143. The number of aromatic nitrogens is 1. The van der Waals surface area contributed by atoms with Crippen LogP contribution in [0.25, 0.3) is 6.08 Å². The monoisotopic (exact) mass is 754 g/mol. The van der Waals surface area contributed by atoms with Gasteiger partial charge in [0.05, 0.1) is 42.2 Å². The Kier molecular flexibility index (Phi) is 11.4. The number of allylic oxidation sites excluding steroid dienone is 1. The van der Waals surface area contributed by atoms with Crippen LogP contribution in [0.2, 0.25) is 5.02 Å². The third kappa shape index (κ3) is 7.67. The molecule has 0 unspecified atom stereocenters. The molecule has 0 fully saturated rings. The van der Waals surface area contributed by atoms with Crippen molar-refractivity contribution in [2.24, 2.45) is 4.99 Å². The van der Waals surface area contributed by atoms with Crippen molar-refractivity contribution in [3.63, 3.8) is 0 Å². The number of esters is 2. The number of nitrogens with zero attached hydrogens (tertiary/aromatic N) is 2. The number of fused-ring (bicyclic) bond motifs is 1. The predicted molar refractivity (Wildman–Crippen MR) is 185 cm³/mol. The quantitative estimate of drug-likeness (QED) is 0.168. The predicted octanol–water partition coefficient (Wildman–Crippen LogP) is 5.74. The zero-order chi connectivity index (χ0) is 34.4. The van der Waals surface area contributed by atoms with Gasteiger partial charge < -0.3 is 23.7 Å². The lowest BCUT2D eigenvalue weighted by Crippen LogP contribution is -2.40. The van der Waals surface area contributed by atoms with Gasteiger partial charge >= 0.3 is 11.9 Å². The summed E-state index contributed by atoms with van der Waals surface area (Å²) in [6.07, 6.45) is 1.74. The summed E-state index contributed by atoms with van der Waals surface area (Å²) in [7, 11) is 1.27. The number of thiazole rings is 1. The standard InChI is InChI=1S/C35H32BrClN2O8S/c1-5-44-28-16-21(11-13-27(28)47-19-30(40)43-4)32-31(34(42)45-6-2)20(3)38-35-39(32)33(41)29(48-35)17-23-15-24(36)12-14-26(23)46-18-22-9-7-8-10-25(22)37/h7-17,32H,5-6,18-19H2,1-4H3/b29-17-/t32-/m0/s1. The average molecular weight is 756 g/mol. The summed E-state index contributed by atoms with van der Waals surface area (Å²) in [6.45, 7) is 5.57. The number of methoxy groups -OCH3 is 1. The summed E-state index contributed by atoms with van der Waals surface area (Å²) in [5.74, 6) is 0.0286. The molecular formula is C35H32BrClN2O8S. The van der Waals surface area contributed by atoms with E-state index in [4.69, 9.17) is 30.5 Å². The van der Waals surface area contributed by atoms with Gasteiger partial charge in [-0.2, -0.15) is 0 Å². The van der Waals surface area contributed by atoms with Crippen LogP contribution in [0.3, 0.4) is 0 Å². The highest BCUT2D eigenvalue weighted by Crippen LogP contribution is 2.36. The van der Waals surface area contributed by atoms with Crippen molar-refractivity contribution in [1.29, 1.82) is 0 Å². The molecule has 1 aliphatic rings. The van der Waals surface area contributed by atoms with Gasteiger partial charge in [0.2, 0.25) is 0 Å². The summed E-state index contributed by atoms with van der Waals surface area (Å²) in [6, 6.07) is 17.1. The van der Waals surface area contributed by atoms with E-state index in [-0.39, 0.29) is 31.0 Å². The van der Waals surface area contributed by atoms with Crippen LogP contribution in [-0.4, -0.2) is 43.4 Å². The number of rotatable bonds is 12. The van der Waals surface area contributed by atoms with Crippen molar-refractivity contribution in [2.75, 3.05) is 26.9 Å². The minimum atomic E-state index is -0.894. The van der Waals surface area contributed by atoms with Gasteiger partial charge in [0.1, 0.15) is 12.4 Å². The Bertz CT molecular complexity index is 2070. The van der Waals surface area contributed by atoms with Crippen LogP contribution in [0, 0.1) is 0 Å². The zero-order valence-corrected chi connectivity index (χ0v) is 29.7. The van der Waals surface area contributed by atoms with E-state index in [2.05, 4.69) is 25.7 Å². The molecule has 0 saturated heterocycles. The number of carbonyl (C=O) groups excluding carboxylic acids is 2. The number of hydrogen-bond acceptors (Lipinski definition) is 10. The highest BCUT2D eigenvalue weighted by molar-refractivity contribution is 9.10. The lowest BCUT2D eigenvalue weighted by atomic mass is 9.95. The summed E-state index contributed by atoms with van der Waals surface area (Å²) in [5, 5.41) is 0.591. The third-order valence-electron chi connectivity index (χ3n) is 7.27. The summed E-state index contributed by atoms with van der Waals surface area (Å²) < 4.78 is 30.4. The molecule has 13 heteroatoms. The fourth-order valence-corrected chi connectivity index (χ4v) is 6.67. The maximum absolute atomic E-state index is 14.3. The highest BCUT2D eigenvalue weighted by atomic mass is 79.9. The van der Waals surface area contributed by atoms with Crippen LogP contribution in [0.1, 0.15) is 43.5 Å². The molecule has 0 spiro atoms. The van der Waals surface area contributed by atoms with Gasteiger partial charge in [-0.1, -0.05) is 63.1 Å². The molecule has 0 saturated carbocycles. The molecule has 1 atom stereocenters. The second kappa shape index (κ2) is 15.7. The SMILES string of the molecule is CCOC(=O)C1=C(C)N=c2s/c(=C\c3cc(Br)ccc3OCc3ccccc3Cl)c(=O)n2[C@H]1c1ccc(OCC(=O)OC)c(OCC)c1. The van der Waals surface area contributed by atoms with Crippen molar-refractivity contribution in [3.05, 3.63) is 118 Å². The average Bonchev–Trinajstić information content (AvgIpc) is 3.37. The minimum Gasteiger partial charge on any atom is -0.490 e. The summed E-state index contributed by atoms with van der Waals surface area (Å²) in [5.41, 5.74) is 2.31. The summed E-state index contributed by atoms with van der Waals surface area (Å²) in [4.78, 5) is 44.5. The van der Waals surface area contributed by atoms with E-state index in [1.165, 1.54) is 23.0 Å². The molecule has 10 nitrogen and oxygen atoms in total. The molecule has 3 aromatic carbocycles. The van der Waals surface area contributed by atoms with Crippen LogP contribution >= 0.6 is 38.9 Å². The molecule has 2 heterocycles. The van der Waals surface area contributed by atoms with E-state index in [0.717, 1.165) is 10.0 Å². The van der Waals surface area contributed by atoms with Gasteiger partial charge in [0.25, 0.3) is 5.56 Å². The van der Waals surface area contributed by atoms with Gasteiger partial charge in [-0.05, 0) is 68.8 Å². The topological polar surface area (TPSA) is 115 Å². The van der Waals surface area contributed by atoms with Gasteiger partial charge in [0, 0.05) is 20.6 Å². The Labute approximate surface area is 294 Å². The van der Waals surface area contributed by atoms with Gasteiger partial charge in [-0.3, -0.25) is 9.36 Å². The molecule has 0 radical (unpaired) electrons. The Morgan fingerprint density at radius 3 is 2.50 bits per heavy atom. The normalized spacial score (nSPS) is 14.2. The molecule has 0 amide bonds. The number of ether oxygens (including phenoxy) is 5. The molecule has 0 N–H and O–H groups in total. The smallest absolute Gasteiger partial charge is 0.343 e. The Morgan fingerprint density at radius 2 is 1.77 bits per heavy atom. The van der Waals surface area contributed by atoms with Crippen molar-refractivity contribution in [1.82, 2.24) is 4.57 Å². The number of halogens is 2. The minimum absolute atomic E-state index is 0.136. The lowest BCUT2D eigenvalue weighted by Gasteiger charge is -2.25. The second-order valence-corrected chi connectivity index (χ2v) is 12.7. The molecule has 5 rings (SSSR count). The molecular weight excluding hydrogens is 724 g/mol. The molecule has 250 valence electrons. The molecule has 0 bridgehead atoms. The largest absolute Gasteiger partial charge is 0.490 e. The van der Waals surface area contributed by atoms with Gasteiger partial charge in [0.15, 0.2) is 22.9 Å². The fourth-order valence-electron chi connectivity index (χ4n) is 5.06. The first-order valence-electron chi connectivity index (χ1n) is 15.0. The van der Waals surface area contributed by atoms with Crippen LogP contribution in [0.4, 0.5) is 0 Å². The van der Waals surface area contributed by atoms with E-state index < -0.39 is 18.0 Å². The van der Waals surface area contributed by atoms with Crippen LogP contribution in [-0.2, 0) is 25.7 Å². The van der Waals surface area contributed by atoms with Crippen molar-refractivity contribution >= 4 is 56.9 Å². The highest BCUT2D eigenvalue weighted by Gasteiger charge is 2.34. The van der Waals surface area contributed by atoms with Gasteiger partial charge in [-0.15, -0.1) is 0 Å². The van der Waals surface area contributed by atoms with Crippen LogP contribution in [0.5, 0.6) is 17.2 Å². The maximum atomic E-state index is 14.3. The van der Waals surface area contributed by atoms with E-state index in [1.807, 2.05) is 43.3 Å². The number of benzene rings is 3. The molecule has 4 aromatic rings. The fraction of sp³-hybridized carbons (Fsp3) is 0.257. The Balaban J connectivity index is 1.62. The van der Waals surface area contributed by atoms with E-state index in [9.17, 15) is 14.4 Å². The second-order valence-electron chi connectivity index (χ2n) is 10.4. The zero-order valence-electron chi connectivity index (χ0n) is 26.6. The summed E-state index contributed by atoms with van der Waals surface area (Å²) >= 11 is 11.1. The molecule has 48 heavy (non-hydrogen) atoms. The van der Waals surface area contributed by atoms with Crippen molar-refractivity contribution in [3.8, 4) is 17.2 Å². The van der Waals surface area contributed by atoms with E-state index in [0.29, 0.717) is 55.0 Å². The first-order chi connectivity index (χ1) is 23.1. The first kappa shape index (κ1) is 34.9. The Morgan fingerprint density at radius 1 is 1.00 bits per heavy atom. The van der Waals surface area contributed by atoms with Crippen molar-refractivity contribution < 1.29 is 33.3 Å². The molecule has 0 aliphatic carbocycles. The number of hydrogen-bond donors (Lipinski definition) is 0. The number of carbonyl (C=O) groups is 2. The van der Waals surface area contributed by atoms with E-state index in [1.54, 1.807) is 44.2 Å². The van der Waals surface area contributed by atoms with Crippen LogP contribution < -0.4 is 29.1 Å². The van der Waals surface area contributed by atoms with Crippen LogP contribution in [0.15, 0.2) is 86.2 Å². The Hall–Kier alpha value is -4.39. The van der Waals surface area contributed by atoms with Crippen molar-refractivity contribution in [2.45, 2.75) is 33.4 Å². The van der Waals surface area contributed by atoms with E-state index >= 15 is 0 Å². The maximum Gasteiger partial charge on any atom is 0.343 e. The third-order valence-corrected chi connectivity index (χ3v) is 9.12.